The van der Waals surface area contributed by atoms with Crippen molar-refractivity contribution in [3.8, 4) is 11.1 Å². The van der Waals surface area contributed by atoms with E-state index in [-0.39, 0.29) is 5.82 Å². The van der Waals surface area contributed by atoms with Gasteiger partial charge in [0.2, 0.25) is 0 Å². The Bertz CT molecular complexity index is 813. The molecule has 0 atom stereocenters. The topological polar surface area (TPSA) is 55.1 Å². The standard InChI is InChI=1S/C17H13FN2O2/c18-16-8-4-7-14(13-10-19-20(11-13)17(21)22)15(16)9-12-5-2-1-3-6-12/h1-8,10-11H,9H2,(H,21,22). The molecule has 0 amide bonds. The van der Waals surface area contributed by atoms with Gasteiger partial charge in [0.15, 0.2) is 0 Å². The summed E-state index contributed by atoms with van der Waals surface area (Å²) >= 11 is 0. The van der Waals surface area contributed by atoms with E-state index in [1.165, 1.54) is 18.5 Å². The van der Waals surface area contributed by atoms with Gasteiger partial charge in [0.05, 0.1) is 6.20 Å². The predicted molar refractivity (Wildman–Crippen MR) is 80.3 cm³/mol. The SMILES string of the molecule is O=C(O)n1cc(-c2cccc(F)c2Cc2ccccc2)cn1. The number of nitrogens with zero attached hydrogens (tertiary/aromatic N) is 2. The molecule has 0 unspecified atom stereocenters. The van der Waals surface area contributed by atoms with E-state index in [0.29, 0.717) is 23.1 Å². The van der Waals surface area contributed by atoms with Crippen LogP contribution in [0.15, 0.2) is 60.9 Å². The highest BCUT2D eigenvalue weighted by atomic mass is 19.1. The summed E-state index contributed by atoms with van der Waals surface area (Å²) in [5.74, 6) is -0.315. The van der Waals surface area contributed by atoms with E-state index in [4.69, 9.17) is 5.11 Å². The molecule has 4 nitrogen and oxygen atoms in total. The monoisotopic (exact) mass is 296 g/mol. The van der Waals surface area contributed by atoms with E-state index in [1.807, 2.05) is 30.3 Å². The average molecular weight is 296 g/mol. The minimum atomic E-state index is -1.17. The number of aromatic nitrogens is 2. The summed E-state index contributed by atoms with van der Waals surface area (Å²) in [5, 5.41) is 12.7. The van der Waals surface area contributed by atoms with Gasteiger partial charge >= 0.3 is 6.09 Å². The molecule has 2 aromatic carbocycles. The molecule has 0 fully saturated rings. The lowest BCUT2D eigenvalue weighted by molar-refractivity contribution is 0.192. The molecule has 0 aliphatic carbocycles. The lowest BCUT2D eigenvalue weighted by atomic mass is 9.96. The number of carbonyl (C=O) groups is 1. The number of benzene rings is 2. The molecule has 3 rings (SSSR count). The van der Waals surface area contributed by atoms with Crippen LogP contribution >= 0.6 is 0 Å². The number of rotatable bonds is 3. The summed E-state index contributed by atoms with van der Waals surface area (Å²) < 4.78 is 15.1. The molecule has 0 aliphatic heterocycles. The number of hydrogen-bond acceptors (Lipinski definition) is 2. The van der Waals surface area contributed by atoms with Crippen LogP contribution in [0.5, 0.6) is 0 Å². The Kier molecular flexibility index (Phi) is 3.70. The number of halogens is 1. The Labute approximate surface area is 126 Å². The molecule has 3 aromatic rings. The van der Waals surface area contributed by atoms with Crippen molar-refractivity contribution in [3.05, 3.63) is 77.9 Å². The second-order valence-electron chi connectivity index (χ2n) is 4.88. The molecule has 1 N–H and O–H groups in total. The van der Waals surface area contributed by atoms with E-state index in [0.717, 1.165) is 10.2 Å². The fourth-order valence-corrected chi connectivity index (χ4v) is 2.38. The molecular weight excluding hydrogens is 283 g/mol. The van der Waals surface area contributed by atoms with Crippen molar-refractivity contribution in [1.82, 2.24) is 9.78 Å². The third-order valence-electron chi connectivity index (χ3n) is 3.43. The van der Waals surface area contributed by atoms with Crippen LogP contribution in [-0.2, 0) is 6.42 Å². The second-order valence-corrected chi connectivity index (χ2v) is 4.88. The van der Waals surface area contributed by atoms with Gasteiger partial charge in [-0.05, 0) is 17.2 Å². The van der Waals surface area contributed by atoms with Crippen LogP contribution < -0.4 is 0 Å². The van der Waals surface area contributed by atoms with Crippen molar-refractivity contribution < 1.29 is 14.3 Å². The molecular formula is C17H13FN2O2. The van der Waals surface area contributed by atoms with Gasteiger partial charge in [-0.3, -0.25) is 0 Å². The zero-order valence-electron chi connectivity index (χ0n) is 11.6. The molecule has 22 heavy (non-hydrogen) atoms. The van der Waals surface area contributed by atoms with E-state index in [1.54, 1.807) is 12.1 Å². The normalized spacial score (nSPS) is 10.6. The average Bonchev–Trinajstić information content (AvgIpc) is 3.00. The Balaban J connectivity index is 2.04. The third-order valence-corrected chi connectivity index (χ3v) is 3.43. The Morgan fingerprint density at radius 3 is 2.59 bits per heavy atom. The Morgan fingerprint density at radius 1 is 1.14 bits per heavy atom. The van der Waals surface area contributed by atoms with Crippen molar-refractivity contribution in [2.75, 3.05) is 0 Å². The van der Waals surface area contributed by atoms with E-state index < -0.39 is 6.09 Å². The fraction of sp³-hybridized carbons (Fsp3) is 0.0588. The highest BCUT2D eigenvalue weighted by Crippen LogP contribution is 2.27. The van der Waals surface area contributed by atoms with Crippen molar-refractivity contribution in [1.29, 1.82) is 0 Å². The minimum Gasteiger partial charge on any atom is -0.463 e. The van der Waals surface area contributed by atoms with Crippen LogP contribution in [-0.4, -0.2) is 21.0 Å². The van der Waals surface area contributed by atoms with Crippen LogP contribution in [0, 0.1) is 5.82 Å². The van der Waals surface area contributed by atoms with Gasteiger partial charge in [0, 0.05) is 23.7 Å². The molecule has 110 valence electrons. The molecule has 1 aromatic heterocycles. The molecule has 0 aliphatic rings. The smallest absolute Gasteiger partial charge is 0.432 e. The molecule has 5 heteroatoms. The van der Waals surface area contributed by atoms with Gasteiger partial charge in [0.25, 0.3) is 0 Å². The largest absolute Gasteiger partial charge is 0.463 e. The van der Waals surface area contributed by atoms with Crippen LogP contribution in [0.4, 0.5) is 9.18 Å². The lowest BCUT2D eigenvalue weighted by Gasteiger charge is -2.09. The molecule has 0 saturated heterocycles. The maximum absolute atomic E-state index is 14.2. The molecule has 0 spiro atoms. The summed E-state index contributed by atoms with van der Waals surface area (Å²) in [6.07, 6.45) is 2.07. The van der Waals surface area contributed by atoms with Gasteiger partial charge in [-0.25, -0.2) is 9.18 Å². The molecule has 0 bridgehead atoms. The Hall–Kier alpha value is -2.95. The van der Waals surface area contributed by atoms with Gasteiger partial charge < -0.3 is 5.11 Å². The van der Waals surface area contributed by atoms with Gasteiger partial charge in [0.1, 0.15) is 5.82 Å². The fourth-order valence-electron chi connectivity index (χ4n) is 2.38. The molecule has 1 heterocycles. The highest BCUT2D eigenvalue weighted by Gasteiger charge is 2.13. The molecule has 0 saturated carbocycles. The summed E-state index contributed by atoms with van der Waals surface area (Å²) in [4.78, 5) is 10.9. The van der Waals surface area contributed by atoms with E-state index in [9.17, 15) is 9.18 Å². The first-order valence-corrected chi connectivity index (χ1v) is 6.75. The summed E-state index contributed by atoms with van der Waals surface area (Å²) in [7, 11) is 0. The van der Waals surface area contributed by atoms with Gasteiger partial charge in [-0.15, -0.1) is 0 Å². The van der Waals surface area contributed by atoms with E-state index >= 15 is 0 Å². The maximum atomic E-state index is 14.2. The maximum Gasteiger partial charge on any atom is 0.432 e. The minimum absolute atomic E-state index is 0.315. The van der Waals surface area contributed by atoms with Crippen LogP contribution in [0.25, 0.3) is 11.1 Å². The molecule has 0 radical (unpaired) electrons. The van der Waals surface area contributed by atoms with Crippen LogP contribution in [0.2, 0.25) is 0 Å². The van der Waals surface area contributed by atoms with Crippen LogP contribution in [0.3, 0.4) is 0 Å². The first-order chi connectivity index (χ1) is 10.6. The predicted octanol–water partition coefficient (Wildman–Crippen LogP) is 3.81. The zero-order chi connectivity index (χ0) is 15.5. The highest BCUT2D eigenvalue weighted by molar-refractivity contribution is 5.72. The van der Waals surface area contributed by atoms with Crippen LogP contribution in [0.1, 0.15) is 11.1 Å². The number of carboxylic acid groups (broad SMARTS) is 1. The van der Waals surface area contributed by atoms with E-state index in [2.05, 4.69) is 5.10 Å². The van der Waals surface area contributed by atoms with Crippen molar-refractivity contribution in [2.45, 2.75) is 6.42 Å². The first kappa shape index (κ1) is 14.0. The van der Waals surface area contributed by atoms with Crippen molar-refractivity contribution >= 4 is 6.09 Å². The first-order valence-electron chi connectivity index (χ1n) is 6.75. The third kappa shape index (κ3) is 2.74. The second kappa shape index (κ2) is 5.81. The Morgan fingerprint density at radius 2 is 1.91 bits per heavy atom. The summed E-state index contributed by atoms with van der Waals surface area (Å²) in [5.41, 5.74) is 2.74. The van der Waals surface area contributed by atoms with Gasteiger partial charge in [-0.1, -0.05) is 42.5 Å². The quantitative estimate of drug-likeness (QED) is 0.799. The zero-order valence-corrected chi connectivity index (χ0v) is 11.6. The van der Waals surface area contributed by atoms with Gasteiger partial charge in [-0.2, -0.15) is 9.78 Å². The lowest BCUT2D eigenvalue weighted by Crippen LogP contribution is -2.07. The summed E-state index contributed by atoms with van der Waals surface area (Å²) in [6.45, 7) is 0. The number of hydrogen-bond donors (Lipinski definition) is 1. The van der Waals surface area contributed by atoms with Crippen molar-refractivity contribution in [2.24, 2.45) is 0 Å². The van der Waals surface area contributed by atoms with Crippen molar-refractivity contribution in [3.63, 3.8) is 0 Å². The summed E-state index contributed by atoms with van der Waals surface area (Å²) in [6, 6.07) is 14.3.